The van der Waals surface area contributed by atoms with Gasteiger partial charge in [0, 0.05) is 25.1 Å². The summed E-state index contributed by atoms with van der Waals surface area (Å²) in [4.78, 5) is 24.8. The molecule has 0 spiro atoms. The number of carboxylic acids is 1. The van der Waals surface area contributed by atoms with Gasteiger partial charge < -0.3 is 10.0 Å². The van der Waals surface area contributed by atoms with Crippen LogP contribution in [0.15, 0.2) is 24.3 Å². The molecule has 4 nitrogen and oxygen atoms in total. The van der Waals surface area contributed by atoms with Crippen molar-refractivity contribution in [2.24, 2.45) is 0 Å². The van der Waals surface area contributed by atoms with Crippen molar-refractivity contribution in [2.75, 3.05) is 13.1 Å². The van der Waals surface area contributed by atoms with Crippen molar-refractivity contribution in [1.82, 2.24) is 4.90 Å². The van der Waals surface area contributed by atoms with Gasteiger partial charge in [-0.25, -0.2) is 0 Å². The van der Waals surface area contributed by atoms with Crippen LogP contribution in [0.3, 0.4) is 0 Å². The molecular weight excluding hydrogens is 254 g/mol. The Morgan fingerprint density at radius 2 is 1.60 bits per heavy atom. The van der Waals surface area contributed by atoms with Crippen LogP contribution in [-0.4, -0.2) is 35.0 Å². The summed E-state index contributed by atoms with van der Waals surface area (Å²) >= 11 is 0. The molecule has 1 saturated heterocycles. The molecule has 0 aliphatic carbocycles. The zero-order valence-electron chi connectivity index (χ0n) is 11.7. The summed E-state index contributed by atoms with van der Waals surface area (Å²) in [6, 6.07) is 7.33. The van der Waals surface area contributed by atoms with E-state index in [1.54, 1.807) is 0 Å². The van der Waals surface area contributed by atoms with E-state index < -0.39 is 5.97 Å². The van der Waals surface area contributed by atoms with Gasteiger partial charge in [0.1, 0.15) is 0 Å². The monoisotopic (exact) mass is 275 g/mol. The number of hydrogen-bond donors (Lipinski definition) is 1. The van der Waals surface area contributed by atoms with Crippen molar-refractivity contribution in [1.29, 1.82) is 0 Å². The summed E-state index contributed by atoms with van der Waals surface area (Å²) in [6.07, 6.45) is 5.22. The third kappa shape index (κ3) is 4.08. The normalized spacial score (nSPS) is 15.7. The van der Waals surface area contributed by atoms with Crippen LogP contribution in [0.25, 0.3) is 0 Å². The van der Waals surface area contributed by atoms with Gasteiger partial charge in [0.05, 0.1) is 0 Å². The smallest absolute Gasteiger partial charge is 0.303 e. The third-order valence-corrected chi connectivity index (χ3v) is 3.72. The predicted molar refractivity (Wildman–Crippen MR) is 76.8 cm³/mol. The fraction of sp³-hybridized carbons (Fsp3) is 0.500. The molecule has 1 aliphatic heterocycles. The molecule has 1 heterocycles. The topological polar surface area (TPSA) is 57.6 Å². The number of benzene rings is 1. The summed E-state index contributed by atoms with van der Waals surface area (Å²) in [5.41, 5.74) is 1.66. The highest BCUT2D eigenvalue weighted by molar-refractivity contribution is 5.94. The number of nitrogens with zero attached hydrogens (tertiary/aromatic N) is 1. The number of hydrogen-bond acceptors (Lipinski definition) is 2. The minimum atomic E-state index is -0.797. The lowest BCUT2D eigenvalue weighted by Crippen LogP contribution is -2.31. The maximum Gasteiger partial charge on any atom is 0.303 e. The fourth-order valence-corrected chi connectivity index (χ4v) is 2.52. The Morgan fingerprint density at radius 3 is 2.15 bits per heavy atom. The highest BCUT2D eigenvalue weighted by atomic mass is 16.4. The molecule has 0 aromatic heterocycles. The predicted octanol–water partition coefficient (Wildman–Crippen LogP) is 2.72. The van der Waals surface area contributed by atoms with E-state index in [0.29, 0.717) is 12.0 Å². The molecule has 0 unspecified atom stereocenters. The zero-order chi connectivity index (χ0) is 14.4. The van der Waals surface area contributed by atoms with E-state index in [1.165, 1.54) is 12.8 Å². The second-order valence-corrected chi connectivity index (χ2v) is 5.30. The number of rotatable bonds is 4. The summed E-state index contributed by atoms with van der Waals surface area (Å²) < 4.78 is 0. The van der Waals surface area contributed by atoms with Crippen LogP contribution in [0, 0.1) is 0 Å². The number of amides is 1. The molecule has 108 valence electrons. The Balaban J connectivity index is 1.97. The molecule has 2 rings (SSSR count). The SMILES string of the molecule is O=C(O)CCc1ccc(C(=O)N2CCCCCC2)cc1. The van der Waals surface area contributed by atoms with Crippen molar-refractivity contribution >= 4 is 11.9 Å². The van der Waals surface area contributed by atoms with Gasteiger partial charge in [0.15, 0.2) is 0 Å². The molecule has 0 saturated carbocycles. The van der Waals surface area contributed by atoms with Crippen LogP contribution >= 0.6 is 0 Å². The number of aryl methyl sites for hydroxylation is 1. The Morgan fingerprint density at radius 1 is 1.00 bits per heavy atom. The third-order valence-electron chi connectivity index (χ3n) is 3.72. The van der Waals surface area contributed by atoms with Gasteiger partial charge in [-0.3, -0.25) is 9.59 Å². The molecule has 0 radical (unpaired) electrons. The van der Waals surface area contributed by atoms with Gasteiger partial charge in [0.25, 0.3) is 5.91 Å². The lowest BCUT2D eigenvalue weighted by Gasteiger charge is -2.20. The summed E-state index contributed by atoms with van der Waals surface area (Å²) in [5.74, 6) is -0.702. The number of carbonyl (C=O) groups excluding carboxylic acids is 1. The van der Waals surface area contributed by atoms with Crippen molar-refractivity contribution < 1.29 is 14.7 Å². The van der Waals surface area contributed by atoms with Crippen LogP contribution in [-0.2, 0) is 11.2 Å². The molecule has 0 atom stereocenters. The van der Waals surface area contributed by atoms with Gasteiger partial charge in [-0.2, -0.15) is 0 Å². The number of aliphatic carboxylic acids is 1. The van der Waals surface area contributed by atoms with Crippen molar-refractivity contribution in [3.05, 3.63) is 35.4 Å². The molecule has 1 N–H and O–H groups in total. The molecule has 1 aromatic rings. The number of carbonyl (C=O) groups is 2. The van der Waals surface area contributed by atoms with Crippen LogP contribution in [0.5, 0.6) is 0 Å². The molecule has 1 aliphatic rings. The maximum absolute atomic E-state index is 12.4. The van der Waals surface area contributed by atoms with E-state index in [4.69, 9.17) is 5.11 Å². The first kappa shape index (κ1) is 14.6. The van der Waals surface area contributed by atoms with E-state index in [0.717, 1.165) is 31.5 Å². The van der Waals surface area contributed by atoms with Crippen LogP contribution in [0.4, 0.5) is 0 Å². The Labute approximate surface area is 119 Å². The first-order chi connectivity index (χ1) is 9.66. The Bertz CT molecular complexity index is 459. The molecule has 4 heteroatoms. The summed E-state index contributed by atoms with van der Waals surface area (Å²) in [5, 5.41) is 8.65. The Kier molecular flexibility index (Phi) is 5.16. The molecule has 1 fully saturated rings. The maximum atomic E-state index is 12.4. The van der Waals surface area contributed by atoms with E-state index >= 15 is 0 Å². The van der Waals surface area contributed by atoms with Crippen molar-refractivity contribution in [3.8, 4) is 0 Å². The molecule has 1 aromatic carbocycles. The zero-order valence-corrected chi connectivity index (χ0v) is 11.7. The lowest BCUT2D eigenvalue weighted by molar-refractivity contribution is -0.136. The summed E-state index contributed by atoms with van der Waals surface area (Å²) in [6.45, 7) is 1.69. The standard InChI is InChI=1S/C16H21NO3/c18-15(19)10-7-13-5-8-14(9-6-13)16(20)17-11-3-1-2-4-12-17/h5-6,8-9H,1-4,7,10-12H2,(H,18,19). The first-order valence-electron chi connectivity index (χ1n) is 7.27. The highest BCUT2D eigenvalue weighted by Crippen LogP contribution is 2.14. The molecule has 20 heavy (non-hydrogen) atoms. The van der Waals surface area contributed by atoms with E-state index in [1.807, 2.05) is 29.2 Å². The minimum absolute atomic E-state index is 0.0942. The second kappa shape index (κ2) is 7.08. The molecule has 0 bridgehead atoms. The quantitative estimate of drug-likeness (QED) is 0.919. The van der Waals surface area contributed by atoms with Crippen LogP contribution in [0.2, 0.25) is 0 Å². The van der Waals surface area contributed by atoms with Crippen molar-refractivity contribution in [2.45, 2.75) is 38.5 Å². The highest BCUT2D eigenvalue weighted by Gasteiger charge is 2.16. The van der Waals surface area contributed by atoms with Gasteiger partial charge >= 0.3 is 5.97 Å². The Hall–Kier alpha value is -1.84. The summed E-state index contributed by atoms with van der Waals surface area (Å²) in [7, 11) is 0. The van der Waals surface area contributed by atoms with Gasteiger partial charge in [-0.15, -0.1) is 0 Å². The van der Waals surface area contributed by atoms with Crippen LogP contribution in [0.1, 0.15) is 48.0 Å². The van der Waals surface area contributed by atoms with Gasteiger partial charge in [0.2, 0.25) is 0 Å². The average molecular weight is 275 g/mol. The van der Waals surface area contributed by atoms with E-state index in [9.17, 15) is 9.59 Å². The van der Waals surface area contributed by atoms with E-state index in [2.05, 4.69) is 0 Å². The first-order valence-corrected chi connectivity index (χ1v) is 7.27. The van der Waals surface area contributed by atoms with Crippen LogP contribution < -0.4 is 0 Å². The number of carboxylic acid groups (broad SMARTS) is 1. The lowest BCUT2D eigenvalue weighted by atomic mass is 10.1. The molecular formula is C16H21NO3. The van der Waals surface area contributed by atoms with Crippen molar-refractivity contribution in [3.63, 3.8) is 0 Å². The second-order valence-electron chi connectivity index (χ2n) is 5.30. The largest absolute Gasteiger partial charge is 0.481 e. The average Bonchev–Trinajstić information content (AvgIpc) is 2.74. The van der Waals surface area contributed by atoms with Gasteiger partial charge in [-0.05, 0) is 37.0 Å². The van der Waals surface area contributed by atoms with E-state index in [-0.39, 0.29) is 12.3 Å². The van der Waals surface area contributed by atoms with Gasteiger partial charge in [-0.1, -0.05) is 25.0 Å². The molecule has 1 amide bonds. The number of likely N-dealkylation sites (tertiary alicyclic amines) is 1. The fourth-order valence-electron chi connectivity index (χ4n) is 2.52. The minimum Gasteiger partial charge on any atom is -0.481 e.